The number of benzene rings is 1. The Labute approximate surface area is 120 Å². The largest absolute Gasteiger partial charge is 0.497 e. The highest BCUT2D eigenvalue weighted by Gasteiger charge is 2.20. The maximum Gasteiger partial charge on any atom is 0.118 e. The van der Waals surface area contributed by atoms with E-state index in [1.165, 1.54) is 42.5 Å². The molecule has 3 heteroatoms. The maximum atomic E-state index is 5.22. The van der Waals surface area contributed by atoms with Gasteiger partial charge in [-0.05, 0) is 42.9 Å². The average molecular weight is 269 g/mol. The summed E-state index contributed by atoms with van der Waals surface area (Å²) in [6.07, 6.45) is 8.32. The van der Waals surface area contributed by atoms with E-state index < -0.39 is 0 Å². The van der Waals surface area contributed by atoms with Gasteiger partial charge in [-0.1, -0.05) is 25.0 Å². The molecule has 0 atom stereocenters. The zero-order chi connectivity index (χ0) is 13.9. The van der Waals surface area contributed by atoms with Crippen LogP contribution in [0.15, 0.2) is 30.5 Å². The summed E-state index contributed by atoms with van der Waals surface area (Å²) in [4.78, 5) is 0. The SMILES string of the molecule is COc1ccc(-c2cnn(C)c2C[C]2CCCC2)cc1. The van der Waals surface area contributed by atoms with E-state index in [2.05, 4.69) is 17.2 Å². The van der Waals surface area contributed by atoms with Crippen molar-refractivity contribution >= 4 is 0 Å². The van der Waals surface area contributed by atoms with Crippen LogP contribution >= 0.6 is 0 Å². The summed E-state index contributed by atoms with van der Waals surface area (Å²) in [5.41, 5.74) is 3.79. The van der Waals surface area contributed by atoms with Gasteiger partial charge in [-0.3, -0.25) is 4.68 Å². The van der Waals surface area contributed by atoms with E-state index in [-0.39, 0.29) is 0 Å². The first-order valence-corrected chi connectivity index (χ1v) is 7.27. The molecule has 1 saturated carbocycles. The molecule has 20 heavy (non-hydrogen) atoms. The lowest BCUT2D eigenvalue weighted by molar-refractivity contribution is 0.415. The van der Waals surface area contributed by atoms with Gasteiger partial charge in [0, 0.05) is 18.3 Å². The molecule has 1 radical (unpaired) electrons. The van der Waals surface area contributed by atoms with Crippen LogP contribution in [0, 0.1) is 5.92 Å². The second kappa shape index (κ2) is 5.70. The third kappa shape index (κ3) is 2.58. The number of ether oxygens (including phenoxy) is 1. The Morgan fingerprint density at radius 1 is 1.15 bits per heavy atom. The first kappa shape index (κ1) is 13.2. The van der Waals surface area contributed by atoms with Gasteiger partial charge in [0.15, 0.2) is 0 Å². The van der Waals surface area contributed by atoms with Crippen LogP contribution in [0.2, 0.25) is 0 Å². The van der Waals surface area contributed by atoms with E-state index >= 15 is 0 Å². The minimum atomic E-state index is 0.893. The molecule has 0 aliphatic heterocycles. The van der Waals surface area contributed by atoms with Gasteiger partial charge in [-0.2, -0.15) is 5.10 Å². The van der Waals surface area contributed by atoms with Crippen LogP contribution in [0.1, 0.15) is 31.4 Å². The van der Waals surface area contributed by atoms with Gasteiger partial charge in [0.1, 0.15) is 5.75 Å². The first-order chi connectivity index (χ1) is 9.78. The fourth-order valence-corrected chi connectivity index (χ4v) is 2.97. The number of hydrogen-bond donors (Lipinski definition) is 0. The Bertz CT molecular complexity index is 565. The van der Waals surface area contributed by atoms with Crippen molar-refractivity contribution in [3.05, 3.63) is 42.1 Å². The molecule has 1 aromatic carbocycles. The van der Waals surface area contributed by atoms with Crippen molar-refractivity contribution in [1.82, 2.24) is 9.78 Å². The van der Waals surface area contributed by atoms with Gasteiger partial charge in [-0.25, -0.2) is 0 Å². The molecule has 0 amide bonds. The van der Waals surface area contributed by atoms with Crippen LogP contribution in [-0.4, -0.2) is 16.9 Å². The highest BCUT2D eigenvalue weighted by molar-refractivity contribution is 5.66. The third-order valence-electron chi connectivity index (χ3n) is 4.19. The van der Waals surface area contributed by atoms with E-state index in [9.17, 15) is 0 Å². The molecule has 3 rings (SSSR count). The maximum absolute atomic E-state index is 5.22. The van der Waals surface area contributed by atoms with Crippen LogP contribution < -0.4 is 4.74 Å². The number of methoxy groups -OCH3 is 1. The lowest BCUT2D eigenvalue weighted by Gasteiger charge is -2.11. The minimum Gasteiger partial charge on any atom is -0.497 e. The van der Waals surface area contributed by atoms with Crippen molar-refractivity contribution in [2.24, 2.45) is 7.05 Å². The molecule has 1 heterocycles. The van der Waals surface area contributed by atoms with Crippen LogP contribution in [-0.2, 0) is 13.5 Å². The molecule has 0 bridgehead atoms. The zero-order valence-electron chi connectivity index (χ0n) is 12.2. The van der Waals surface area contributed by atoms with Crippen LogP contribution in [0.25, 0.3) is 11.1 Å². The fourth-order valence-electron chi connectivity index (χ4n) is 2.97. The van der Waals surface area contributed by atoms with Crippen molar-refractivity contribution in [2.45, 2.75) is 32.1 Å². The smallest absolute Gasteiger partial charge is 0.118 e. The van der Waals surface area contributed by atoms with E-state index in [1.807, 2.05) is 30.1 Å². The number of aryl methyl sites for hydroxylation is 1. The molecule has 3 nitrogen and oxygen atoms in total. The van der Waals surface area contributed by atoms with Crippen molar-refractivity contribution in [1.29, 1.82) is 0 Å². The molecular formula is C17H21N2O. The molecule has 1 aliphatic rings. The molecule has 2 aromatic rings. The van der Waals surface area contributed by atoms with Gasteiger partial charge < -0.3 is 4.74 Å². The summed E-state index contributed by atoms with van der Waals surface area (Å²) in [5, 5.41) is 4.45. The predicted octanol–water partition coefficient (Wildman–Crippen LogP) is 3.79. The molecule has 1 aromatic heterocycles. The van der Waals surface area contributed by atoms with Crippen LogP contribution in [0.3, 0.4) is 0 Å². The molecule has 105 valence electrons. The third-order valence-corrected chi connectivity index (χ3v) is 4.19. The molecule has 0 N–H and O–H groups in total. The van der Waals surface area contributed by atoms with Gasteiger partial charge >= 0.3 is 0 Å². The average Bonchev–Trinajstić information content (AvgIpc) is 3.11. The number of nitrogens with zero attached hydrogens (tertiary/aromatic N) is 2. The molecule has 0 saturated heterocycles. The number of aromatic nitrogens is 2. The number of rotatable bonds is 4. The van der Waals surface area contributed by atoms with Crippen LogP contribution in [0.5, 0.6) is 5.75 Å². The summed E-state index contributed by atoms with van der Waals surface area (Å²) in [6.45, 7) is 0. The normalized spacial score (nSPS) is 15.7. The molecule has 1 aliphatic carbocycles. The van der Waals surface area contributed by atoms with Crippen molar-refractivity contribution in [3.8, 4) is 16.9 Å². The Hall–Kier alpha value is -1.77. The van der Waals surface area contributed by atoms with E-state index in [0.717, 1.165) is 12.2 Å². The fraction of sp³-hybridized carbons (Fsp3) is 0.412. The van der Waals surface area contributed by atoms with Gasteiger partial charge in [0.2, 0.25) is 0 Å². The summed E-state index contributed by atoms with van der Waals surface area (Å²) >= 11 is 0. The minimum absolute atomic E-state index is 0.893. The summed E-state index contributed by atoms with van der Waals surface area (Å²) in [6, 6.07) is 8.24. The molecule has 0 spiro atoms. The molecule has 0 unspecified atom stereocenters. The summed E-state index contributed by atoms with van der Waals surface area (Å²) in [7, 11) is 3.74. The van der Waals surface area contributed by atoms with Crippen molar-refractivity contribution in [2.75, 3.05) is 7.11 Å². The number of hydrogen-bond acceptors (Lipinski definition) is 2. The van der Waals surface area contributed by atoms with Crippen molar-refractivity contribution < 1.29 is 4.74 Å². The quantitative estimate of drug-likeness (QED) is 0.844. The molecular weight excluding hydrogens is 248 g/mol. The highest BCUT2D eigenvalue weighted by atomic mass is 16.5. The molecule has 1 fully saturated rings. The van der Waals surface area contributed by atoms with E-state index in [0.29, 0.717) is 0 Å². The van der Waals surface area contributed by atoms with E-state index in [1.54, 1.807) is 13.0 Å². The van der Waals surface area contributed by atoms with E-state index in [4.69, 9.17) is 4.74 Å². The standard InChI is InChI=1S/C17H21N2O/c1-19-17(11-13-5-3-4-6-13)16(12-18-19)14-7-9-15(20-2)10-8-14/h7-10,12H,3-6,11H2,1-2H3. The monoisotopic (exact) mass is 269 g/mol. The Kier molecular flexibility index (Phi) is 3.77. The summed E-state index contributed by atoms with van der Waals surface area (Å²) in [5.74, 6) is 2.56. The highest BCUT2D eigenvalue weighted by Crippen LogP contribution is 2.33. The Morgan fingerprint density at radius 2 is 1.85 bits per heavy atom. The topological polar surface area (TPSA) is 27.1 Å². The Morgan fingerprint density at radius 3 is 2.50 bits per heavy atom. The second-order valence-electron chi connectivity index (χ2n) is 5.49. The van der Waals surface area contributed by atoms with Crippen molar-refractivity contribution in [3.63, 3.8) is 0 Å². The van der Waals surface area contributed by atoms with Crippen LogP contribution in [0.4, 0.5) is 0 Å². The van der Waals surface area contributed by atoms with Gasteiger partial charge in [0.25, 0.3) is 0 Å². The lowest BCUT2D eigenvalue weighted by atomic mass is 9.97. The second-order valence-corrected chi connectivity index (χ2v) is 5.49. The van der Waals surface area contributed by atoms with Gasteiger partial charge in [0.05, 0.1) is 13.3 Å². The van der Waals surface area contributed by atoms with Gasteiger partial charge in [-0.15, -0.1) is 0 Å². The summed E-state index contributed by atoms with van der Waals surface area (Å²) < 4.78 is 7.24. The predicted molar refractivity (Wildman–Crippen MR) is 80.6 cm³/mol. The Balaban J connectivity index is 1.88. The first-order valence-electron chi connectivity index (χ1n) is 7.27. The lowest BCUT2D eigenvalue weighted by Crippen LogP contribution is -2.04. The zero-order valence-corrected chi connectivity index (χ0v) is 12.2.